The molecule has 4 nitrogen and oxygen atoms in total. The van der Waals surface area contributed by atoms with Gasteiger partial charge in [0.05, 0.1) is 29.5 Å². The highest BCUT2D eigenvalue weighted by Crippen LogP contribution is 2.31. The molecule has 0 aromatic carbocycles. The van der Waals surface area contributed by atoms with Crippen LogP contribution in [0.4, 0.5) is 13.2 Å². The number of pyridine rings is 1. The van der Waals surface area contributed by atoms with E-state index < -0.39 is 11.7 Å². The van der Waals surface area contributed by atoms with E-state index in [1.54, 1.807) is 4.90 Å². The summed E-state index contributed by atoms with van der Waals surface area (Å²) in [5.41, 5.74) is -0.595. The van der Waals surface area contributed by atoms with Crippen molar-refractivity contribution in [3.63, 3.8) is 0 Å². The molecular weight excluding hydrogens is 309 g/mol. The number of hydrogen-bond donors (Lipinski definition) is 0. The minimum atomic E-state index is -4.47. The number of carbonyl (C=O) groups is 1. The largest absolute Gasteiger partial charge is 0.417 e. The molecule has 0 saturated carbocycles. The highest BCUT2D eigenvalue weighted by molar-refractivity contribution is 6.31. The van der Waals surface area contributed by atoms with Gasteiger partial charge in [-0.25, -0.2) is 0 Å². The Bertz CT molecular complexity index is 517. The second kappa shape index (κ2) is 6.62. The van der Waals surface area contributed by atoms with Crippen LogP contribution < -0.4 is 0 Å². The van der Waals surface area contributed by atoms with Crippen LogP contribution in [-0.4, -0.2) is 42.1 Å². The first-order valence-corrected chi connectivity index (χ1v) is 6.83. The fourth-order valence-corrected chi connectivity index (χ4v) is 2.26. The van der Waals surface area contributed by atoms with E-state index >= 15 is 0 Å². The number of nitrogens with zero attached hydrogens (tertiary/aromatic N) is 2. The summed E-state index contributed by atoms with van der Waals surface area (Å²) in [6.07, 6.45) is -3.36. The van der Waals surface area contributed by atoms with Crippen molar-refractivity contribution in [1.82, 2.24) is 9.88 Å². The van der Waals surface area contributed by atoms with Crippen LogP contribution in [0.2, 0.25) is 5.02 Å². The van der Waals surface area contributed by atoms with Crippen LogP contribution in [0.15, 0.2) is 12.3 Å². The molecule has 0 atom stereocenters. The summed E-state index contributed by atoms with van der Waals surface area (Å²) in [5, 5.41) is -0.0698. The minimum Gasteiger partial charge on any atom is -0.378 e. The van der Waals surface area contributed by atoms with Crippen molar-refractivity contribution in [3.8, 4) is 0 Å². The van der Waals surface area contributed by atoms with Gasteiger partial charge in [-0.15, -0.1) is 0 Å². The Balaban J connectivity index is 1.95. The summed E-state index contributed by atoms with van der Waals surface area (Å²) >= 11 is 5.80. The molecule has 2 rings (SSSR count). The minimum absolute atomic E-state index is 0.0698. The van der Waals surface area contributed by atoms with Gasteiger partial charge in [0.2, 0.25) is 5.91 Å². The average molecular weight is 323 g/mol. The van der Waals surface area contributed by atoms with E-state index in [1.165, 1.54) is 0 Å². The van der Waals surface area contributed by atoms with Gasteiger partial charge >= 0.3 is 6.18 Å². The van der Waals surface area contributed by atoms with E-state index in [4.69, 9.17) is 16.3 Å². The zero-order valence-electron chi connectivity index (χ0n) is 11.1. The molecular formula is C13H14ClF3N2O2. The van der Waals surface area contributed by atoms with Gasteiger partial charge in [0.15, 0.2) is 0 Å². The van der Waals surface area contributed by atoms with Crippen LogP contribution in [0, 0.1) is 0 Å². The van der Waals surface area contributed by atoms with Gasteiger partial charge in [-0.05, 0) is 12.5 Å². The maximum absolute atomic E-state index is 12.5. The standard InChI is InChI=1S/C13H14ClF3N2O2/c14-10-7-9(13(15,16)17)8-18-11(10)1-2-12(20)19-3-5-21-6-4-19/h7-8H,1-6H2. The van der Waals surface area contributed by atoms with E-state index in [-0.39, 0.29) is 23.8 Å². The predicted molar refractivity (Wildman–Crippen MR) is 70.0 cm³/mol. The molecule has 1 fully saturated rings. The molecule has 1 aromatic rings. The fraction of sp³-hybridized carbons (Fsp3) is 0.538. The number of aryl methyl sites for hydroxylation is 1. The number of carbonyl (C=O) groups excluding carboxylic acids is 1. The van der Waals surface area contributed by atoms with Crippen LogP contribution in [0.5, 0.6) is 0 Å². The summed E-state index contributed by atoms with van der Waals surface area (Å²) < 4.78 is 42.6. The highest BCUT2D eigenvalue weighted by atomic mass is 35.5. The molecule has 0 spiro atoms. The first-order valence-electron chi connectivity index (χ1n) is 6.45. The monoisotopic (exact) mass is 322 g/mol. The first-order chi connectivity index (χ1) is 9.88. The molecule has 116 valence electrons. The van der Waals surface area contributed by atoms with Crippen LogP contribution in [0.3, 0.4) is 0 Å². The molecule has 0 bridgehead atoms. The van der Waals surface area contributed by atoms with E-state index in [0.29, 0.717) is 32.0 Å². The molecule has 8 heteroatoms. The van der Waals surface area contributed by atoms with Crippen LogP contribution >= 0.6 is 11.6 Å². The molecule has 1 saturated heterocycles. The summed E-state index contributed by atoms with van der Waals surface area (Å²) in [5.74, 6) is -0.0731. The lowest BCUT2D eigenvalue weighted by molar-refractivity contribution is -0.138. The SMILES string of the molecule is O=C(CCc1ncc(C(F)(F)F)cc1Cl)N1CCOCC1. The van der Waals surface area contributed by atoms with Crippen molar-refractivity contribution in [2.75, 3.05) is 26.3 Å². The maximum atomic E-state index is 12.5. The number of alkyl halides is 3. The van der Waals surface area contributed by atoms with Crippen molar-refractivity contribution in [2.45, 2.75) is 19.0 Å². The third-order valence-electron chi connectivity index (χ3n) is 3.18. The zero-order valence-corrected chi connectivity index (χ0v) is 11.9. The number of ether oxygens (including phenoxy) is 1. The van der Waals surface area contributed by atoms with Crippen LogP contribution in [0.1, 0.15) is 17.7 Å². The van der Waals surface area contributed by atoms with E-state index in [9.17, 15) is 18.0 Å². The molecule has 1 aromatic heterocycles. The Morgan fingerprint density at radius 2 is 2.05 bits per heavy atom. The number of halogens is 4. The van der Waals surface area contributed by atoms with Crippen molar-refractivity contribution in [3.05, 3.63) is 28.5 Å². The first kappa shape index (κ1) is 16.0. The molecule has 0 aliphatic carbocycles. The van der Waals surface area contributed by atoms with E-state index in [2.05, 4.69) is 4.98 Å². The lowest BCUT2D eigenvalue weighted by atomic mass is 10.1. The zero-order chi connectivity index (χ0) is 15.5. The van der Waals surface area contributed by atoms with E-state index in [1.807, 2.05) is 0 Å². The van der Waals surface area contributed by atoms with Gasteiger partial charge in [-0.2, -0.15) is 13.2 Å². The summed E-state index contributed by atoms with van der Waals surface area (Å²) in [6, 6.07) is 0.836. The van der Waals surface area contributed by atoms with Crippen LogP contribution in [0.25, 0.3) is 0 Å². The molecule has 1 aliphatic rings. The third-order valence-corrected chi connectivity index (χ3v) is 3.51. The van der Waals surface area contributed by atoms with Crippen molar-refractivity contribution in [1.29, 1.82) is 0 Å². The molecule has 0 radical (unpaired) electrons. The predicted octanol–water partition coefficient (Wildman–Crippen LogP) is 2.55. The maximum Gasteiger partial charge on any atom is 0.417 e. The molecule has 2 heterocycles. The lowest BCUT2D eigenvalue weighted by Crippen LogP contribution is -2.40. The number of morpholine rings is 1. The smallest absolute Gasteiger partial charge is 0.378 e. The average Bonchev–Trinajstić information content (AvgIpc) is 2.45. The van der Waals surface area contributed by atoms with Crippen LogP contribution in [-0.2, 0) is 22.1 Å². The topological polar surface area (TPSA) is 42.4 Å². The normalized spacial score (nSPS) is 16.1. The van der Waals surface area contributed by atoms with Gasteiger partial charge in [0, 0.05) is 25.7 Å². The van der Waals surface area contributed by atoms with Gasteiger partial charge in [-0.1, -0.05) is 11.6 Å². The second-order valence-electron chi connectivity index (χ2n) is 4.64. The van der Waals surface area contributed by atoms with Gasteiger partial charge < -0.3 is 9.64 Å². The Labute approximate surface area is 124 Å². The Morgan fingerprint density at radius 3 is 2.62 bits per heavy atom. The molecule has 0 N–H and O–H groups in total. The van der Waals surface area contributed by atoms with Gasteiger partial charge in [0.1, 0.15) is 0 Å². The van der Waals surface area contributed by atoms with Crippen molar-refractivity contribution < 1.29 is 22.7 Å². The Kier molecular flexibility index (Phi) is 5.05. The molecule has 0 unspecified atom stereocenters. The number of aromatic nitrogens is 1. The molecule has 1 aliphatic heterocycles. The van der Waals surface area contributed by atoms with Gasteiger partial charge in [0.25, 0.3) is 0 Å². The molecule has 1 amide bonds. The summed E-state index contributed by atoms with van der Waals surface area (Å²) in [4.78, 5) is 17.3. The number of hydrogen-bond acceptors (Lipinski definition) is 3. The highest BCUT2D eigenvalue weighted by Gasteiger charge is 2.31. The van der Waals surface area contributed by atoms with Gasteiger partial charge in [-0.3, -0.25) is 9.78 Å². The lowest BCUT2D eigenvalue weighted by Gasteiger charge is -2.26. The summed E-state index contributed by atoms with van der Waals surface area (Å²) in [6.45, 7) is 2.08. The van der Waals surface area contributed by atoms with E-state index in [0.717, 1.165) is 12.3 Å². The second-order valence-corrected chi connectivity index (χ2v) is 5.05. The Hall–Kier alpha value is -1.34. The Morgan fingerprint density at radius 1 is 1.38 bits per heavy atom. The molecule has 21 heavy (non-hydrogen) atoms. The number of rotatable bonds is 3. The summed E-state index contributed by atoms with van der Waals surface area (Å²) in [7, 11) is 0. The van der Waals surface area contributed by atoms with Crippen molar-refractivity contribution >= 4 is 17.5 Å². The third kappa shape index (κ3) is 4.31. The van der Waals surface area contributed by atoms with Crippen molar-refractivity contribution in [2.24, 2.45) is 0 Å². The quantitative estimate of drug-likeness (QED) is 0.859. The number of amides is 1. The fourth-order valence-electron chi connectivity index (χ4n) is 2.00.